The fraction of sp³-hybridized carbons (Fsp3) is 0.889. The van der Waals surface area contributed by atoms with E-state index >= 15 is 0 Å². The molecule has 0 spiro atoms. The number of aliphatic hydroxyl groups excluding tert-OH is 1. The normalized spacial score (nSPS) is 21.6. The summed E-state index contributed by atoms with van der Waals surface area (Å²) in [5, 5.41) is 10.2. The first-order valence-corrected chi connectivity index (χ1v) is 13.9. The van der Waals surface area contributed by atoms with Gasteiger partial charge in [-0.3, -0.25) is 14.4 Å². The molecule has 0 bridgehead atoms. The molecule has 0 amide bonds. The Hall–Kier alpha value is -1.28. The Kier molecular flexibility index (Phi) is 11.6. The molecule has 0 aromatic heterocycles. The molecule has 0 saturated heterocycles. The van der Waals surface area contributed by atoms with Gasteiger partial charge in [0.1, 0.15) is 19.3 Å². The molecule has 35 heavy (non-hydrogen) atoms. The number of rotatable bonds is 14. The van der Waals surface area contributed by atoms with E-state index in [9.17, 15) is 19.5 Å². The quantitative estimate of drug-likeness (QED) is 0.249. The van der Waals surface area contributed by atoms with Crippen LogP contribution < -0.4 is 0 Å². The van der Waals surface area contributed by atoms with Crippen LogP contribution in [0.1, 0.15) is 93.9 Å². The molecule has 1 fully saturated rings. The lowest BCUT2D eigenvalue weighted by Gasteiger charge is -2.51. The molecular weight excluding hydrogens is 468 g/mol. The van der Waals surface area contributed by atoms with Gasteiger partial charge in [0.25, 0.3) is 0 Å². The molecule has 1 N–H and O–H groups in total. The Morgan fingerprint density at radius 1 is 1.03 bits per heavy atom. The Morgan fingerprint density at radius 3 is 2.03 bits per heavy atom. The van der Waals surface area contributed by atoms with Crippen molar-refractivity contribution in [3.05, 3.63) is 0 Å². The predicted octanol–water partition coefficient (Wildman–Crippen LogP) is 5.17. The maximum Gasteiger partial charge on any atom is 0.316 e. The maximum absolute atomic E-state index is 12.7. The van der Waals surface area contributed by atoms with Crippen molar-refractivity contribution in [1.82, 2.24) is 0 Å². The highest BCUT2D eigenvalue weighted by molar-refractivity contribution is 8.01. The summed E-state index contributed by atoms with van der Waals surface area (Å²) in [5.41, 5.74) is -1.50. The molecule has 1 aliphatic carbocycles. The Labute approximate surface area is 216 Å². The summed E-state index contributed by atoms with van der Waals surface area (Å²) >= 11 is 1.52. The van der Waals surface area contributed by atoms with Crippen LogP contribution in [0.15, 0.2) is 0 Å². The number of carbonyl (C=O) groups is 3. The number of hydrogen-bond acceptors (Lipinski definition) is 8. The van der Waals surface area contributed by atoms with Crippen LogP contribution in [0.25, 0.3) is 0 Å². The van der Waals surface area contributed by atoms with Crippen molar-refractivity contribution in [2.24, 2.45) is 22.2 Å². The van der Waals surface area contributed by atoms with Gasteiger partial charge in [-0.1, -0.05) is 48.0 Å². The van der Waals surface area contributed by atoms with Gasteiger partial charge in [0, 0.05) is 4.75 Å². The second-order valence-corrected chi connectivity index (χ2v) is 12.9. The van der Waals surface area contributed by atoms with Crippen molar-refractivity contribution in [2.75, 3.05) is 26.1 Å². The van der Waals surface area contributed by atoms with E-state index in [0.717, 1.165) is 32.1 Å². The number of hydrogen-bond donors (Lipinski definition) is 1. The Bertz CT molecular complexity index is 722. The smallest absolute Gasteiger partial charge is 0.316 e. The third kappa shape index (κ3) is 7.61. The lowest BCUT2D eigenvalue weighted by Crippen LogP contribution is -2.51. The summed E-state index contributed by atoms with van der Waals surface area (Å²) in [5.74, 6) is -0.547. The number of esters is 3. The van der Waals surface area contributed by atoms with Crippen LogP contribution in [0.2, 0.25) is 0 Å². The van der Waals surface area contributed by atoms with Gasteiger partial charge in [0.05, 0.1) is 23.7 Å². The summed E-state index contributed by atoms with van der Waals surface area (Å²) in [6.07, 6.45) is 4.00. The van der Waals surface area contributed by atoms with Crippen molar-refractivity contribution in [3.8, 4) is 0 Å². The molecule has 1 rings (SSSR count). The van der Waals surface area contributed by atoms with E-state index in [4.69, 9.17) is 14.2 Å². The summed E-state index contributed by atoms with van der Waals surface area (Å²) in [6.45, 7) is 15.3. The minimum atomic E-state index is -1.09. The molecular formula is C27H48O7S. The zero-order valence-electron chi connectivity index (χ0n) is 23.3. The number of methoxy groups -OCH3 is 1. The van der Waals surface area contributed by atoms with Crippen molar-refractivity contribution in [3.63, 3.8) is 0 Å². The predicted molar refractivity (Wildman–Crippen MR) is 139 cm³/mol. The van der Waals surface area contributed by atoms with E-state index in [2.05, 4.69) is 20.8 Å². The SMILES string of the molecule is CCC1CCC1(CC(CC)(CC)SCC(=O)OCC(O)COC(=O)C(C)(C)C(C)(C)C)C(=O)OC. The average molecular weight is 517 g/mol. The third-order valence-electron chi connectivity index (χ3n) is 8.46. The van der Waals surface area contributed by atoms with Crippen LogP contribution in [-0.2, 0) is 28.6 Å². The van der Waals surface area contributed by atoms with E-state index in [1.165, 1.54) is 18.9 Å². The lowest BCUT2D eigenvalue weighted by atomic mass is 9.55. The van der Waals surface area contributed by atoms with E-state index in [1.807, 2.05) is 34.6 Å². The molecule has 0 aliphatic heterocycles. The molecule has 1 saturated carbocycles. The molecule has 0 radical (unpaired) electrons. The van der Waals surface area contributed by atoms with Gasteiger partial charge in [-0.15, -0.1) is 11.8 Å². The van der Waals surface area contributed by atoms with Crippen molar-refractivity contribution < 1.29 is 33.7 Å². The van der Waals surface area contributed by atoms with Gasteiger partial charge in [-0.05, 0) is 57.3 Å². The standard InChI is InChI=1S/C27H48O7S/c1-10-19-13-14-27(19,23(31)32-9)18-26(11-2,12-3)35-17-21(29)33-15-20(28)16-34-22(30)25(7,8)24(4,5)6/h19-20,28H,10-18H2,1-9H3. The summed E-state index contributed by atoms with van der Waals surface area (Å²) in [4.78, 5) is 37.6. The van der Waals surface area contributed by atoms with Gasteiger partial charge in [-0.2, -0.15) is 0 Å². The molecule has 8 heteroatoms. The highest BCUT2D eigenvalue weighted by atomic mass is 32.2. The second kappa shape index (κ2) is 12.8. The third-order valence-corrected chi connectivity index (χ3v) is 10.2. The number of aliphatic hydroxyl groups is 1. The molecule has 3 unspecified atom stereocenters. The minimum absolute atomic E-state index is 0.124. The van der Waals surface area contributed by atoms with Gasteiger partial charge in [-0.25, -0.2) is 0 Å². The number of thioether (sulfide) groups is 1. The average Bonchev–Trinajstić information content (AvgIpc) is 2.80. The second-order valence-electron chi connectivity index (χ2n) is 11.5. The Morgan fingerprint density at radius 2 is 1.60 bits per heavy atom. The monoisotopic (exact) mass is 516 g/mol. The molecule has 0 aromatic carbocycles. The van der Waals surface area contributed by atoms with Crippen LogP contribution in [0.5, 0.6) is 0 Å². The van der Waals surface area contributed by atoms with E-state index in [-0.39, 0.29) is 35.1 Å². The highest BCUT2D eigenvalue weighted by Gasteiger charge is 2.55. The summed E-state index contributed by atoms with van der Waals surface area (Å²) in [7, 11) is 1.45. The van der Waals surface area contributed by atoms with Gasteiger partial charge in [0.2, 0.25) is 0 Å². The Balaban J connectivity index is 2.63. The number of carbonyl (C=O) groups excluding carboxylic acids is 3. The summed E-state index contributed by atoms with van der Waals surface area (Å²) < 4.78 is 15.5. The van der Waals surface area contributed by atoms with Crippen LogP contribution in [0, 0.1) is 22.2 Å². The first-order valence-electron chi connectivity index (χ1n) is 12.9. The first kappa shape index (κ1) is 31.7. The van der Waals surface area contributed by atoms with E-state index in [1.54, 1.807) is 0 Å². The largest absolute Gasteiger partial charge is 0.469 e. The molecule has 3 atom stereocenters. The first-order chi connectivity index (χ1) is 16.1. The van der Waals surface area contributed by atoms with Crippen molar-refractivity contribution >= 4 is 29.7 Å². The fourth-order valence-electron chi connectivity index (χ4n) is 4.55. The lowest BCUT2D eigenvalue weighted by molar-refractivity contribution is -0.167. The number of ether oxygens (including phenoxy) is 3. The fourth-order valence-corrected chi connectivity index (χ4v) is 5.82. The molecule has 0 heterocycles. The molecule has 0 aromatic rings. The van der Waals surface area contributed by atoms with Crippen molar-refractivity contribution in [2.45, 2.75) is 105 Å². The highest BCUT2D eigenvalue weighted by Crippen LogP contribution is 2.57. The molecule has 7 nitrogen and oxygen atoms in total. The van der Waals surface area contributed by atoms with Gasteiger partial charge < -0.3 is 19.3 Å². The molecule has 1 aliphatic rings. The van der Waals surface area contributed by atoms with Gasteiger partial charge >= 0.3 is 17.9 Å². The topological polar surface area (TPSA) is 99.1 Å². The zero-order valence-corrected chi connectivity index (χ0v) is 24.1. The summed E-state index contributed by atoms with van der Waals surface area (Å²) in [6, 6.07) is 0. The zero-order chi connectivity index (χ0) is 27.1. The van der Waals surface area contributed by atoms with E-state index < -0.39 is 28.9 Å². The van der Waals surface area contributed by atoms with Crippen LogP contribution >= 0.6 is 11.8 Å². The minimum Gasteiger partial charge on any atom is -0.469 e. The molecule has 204 valence electrons. The van der Waals surface area contributed by atoms with Gasteiger partial charge in [0.15, 0.2) is 0 Å². The van der Waals surface area contributed by atoms with Crippen LogP contribution in [-0.4, -0.2) is 59.9 Å². The maximum atomic E-state index is 12.7. The van der Waals surface area contributed by atoms with Crippen LogP contribution in [0.3, 0.4) is 0 Å². The van der Waals surface area contributed by atoms with Crippen molar-refractivity contribution in [1.29, 1.82) is 0 Å². The van der Waals surface area contributed by atoms with Crippen LogP contribution in [0.4, 0.5) is 0 Å². The van der Waals surface area contributed by atoms with E-state index in [0.29, 0.717) is 12.3 Å².